The highest BCUT2D eigenvalue weighted by molar-refractivity contribution is 5.99. The van der Waals surface area contributed by atoms with Gasteiger partial charge in [0, 0.05) is 19.0 Å². The summed E-state index contributed by atoms with van der Waals surface area (Å²) in [5, 5.41) is 5.26. The molecule has 2 amide bonds. The second kappa shape index (κ2) is 6.35. The summed E-state index contributed by atoms with van der Waals surface area (Å²) in [6.45, 7) is 1.36. The summed E-state index contributed by atoms with van der Waals surface area (Å²) in [5.41, 5.74) is 1.00. The molecule has 1 heterocycles. The summed E-state index contributed by atoms with van der Waals surface area (Å²) in [5.74, 6) is -2.59. The van der Waals surface area contributed by atoms with E-state index in [1.807, 2.05) is 0 Å². The Labute approximate surface area is 137 Å². The van der Waals surface area contributed by atoms with Gasteiger partial charge in [0.25, 0.3) is 0 Å². The van der Waals surface area contributed by atoms with Crippen LogP contribution in [0.1, 0.15) is 24.8 Å². The van der Waals surface area contributed by atoms with Crippen LogP contribution in [0.5, 0.6) is 0 Å². The molecule has 7 heteroatoms. The first-order chi connectivity index (χ1) is 11.5. The van der Waals surface area contributed by atoms with E-state index in [4.69, 9.17) is 0 Å². The van der Waals surface area contributed by atoms with Crippen molar-refractivity contribution in [1.29, 1.82) is 0 Å². The third-order valence-corrected chi connectivity index (χ3v) is 3.86. The highest BCUT2D eigenvalue weighted by Gasteiger charge is 2.44. The number of carbonyl (C=O) groups excluding carboxylic acids is 2. The van der Waals surface area contributed by atoms with Crippen molar-refractivity contribution in [1.82, 2.24) is 4.98 Å². The van der Waals surface area contributed by atoms with E-state index in [0.717, 1.165) is 12.1 Å². The maximum atomic E-state index is 13.3. The summed E-state index contributed by atoms with van der Waals surface area (Å²) in [6.07, 6.45) is 2.06. The minimum absolute atomic E-state index is 0.145. The lowest BCUT2D eigenvalue weighted by atomic mass is 10.1. The number of aromatic nitrogens is 1. The number of hydrogen-bond donors (Lipinski definition) is 2. The molecule has 0 unspecified atom stereocenters. The smallest absolute Gasteiger partial charge is 0.229 e. The van der Waals surface area contributed by atoms with Crippen LogP contribution in [0.3, 0.4) is 0 Å². The Bertz CT molecular complexity index is 810. The lowest BCUT2D eigenvalue weighted by Gasteiger charge is -2.10. The number of pyridine rings is 1. The van der Waals surface area contributed by atoms with Gasteiger partial charge in [-0.25, -0.2) is 13.8 Å². The molecule has 0 saturated heterocycles. The van der Waals surface area contributed by atoms with Crippen LogP contribution in [0.4, 0.5) is 20.3 Å². The van der Waals surface area contributed by atoms with E-state index in [0.29, 0.717) is 17.7 Å². The summed E-state index contributed by atoms with van der Waals surface area (Å²) >= 11 is 0. The fourth-order valence-electron chi connectivity index (χ4n) is 2.60. The van der Waals surface area contributed by atoms with Crippen molar-refractivity contribution < 1.29 is 18.4 Å². The van der Waals surface area contributed by atoms with E-state index >= 15 is 0 Å². The number of rotatable bonds is 4. The molecular weight excluding hydrogens is 316 g/mol. The summed E-state index contributed by atoms with van der Waals surface area (Å²) in [7, 11) is 0. The Morgan fingerprint density at radius 2 is 1.96 bits per heavy atom. The number of hydrogen-bond acceptors (Lipinski definition) is 3. The van der Waals surface area contributed by atoms with Crippen molar-refractivity contribution >= 4 is 23.3 Å². The molecule has 1 aromatic carbocycles. The van der Waals surface area contributed by atoms with Crippen LogP contribution in [0, 0.1) is 17.6 Å². The lowest BCUT2D eigenvalue weighted by molar-refractivity contribution is -0.117. The zero-order valence-corrected chi connectivity index (χ0v) is 12.8. The molecular formula is C17H15F2N3O2. The number of carbonyl (C=O) groups is 2. The summed E-state index contributed by atoms with van der Waals surface area (Å²) in [4.78, 5) is 27.5. The quantitative estimate of drug-likeness (QED) is 0.904. The second-order valence-electron chi connectivity index (χ2n) is 5.69. The predicted octanol–water partition coefficient (Wildman–Crippen LogP) is 3.06. The standard InChI is InChI=1S/C17H15F2N3O2/c1-9(23)21-15-3-2-6-20-16(15)22-17(24)12-8-11(12)10-4-5-13(18)14(19)7-10/h2-7,11-12H,8H2,1H3,(H,21,23)(H,20,22,24)/t11-,12+/m0/s1. The normalized spacial score (nSPS) is 18.8. The van der Waals surface area contributed by atoms with Crippen molar-refractivity contribution in [3.05, 3.63) is 53.7 Å². The number of nitrogens with one attached hydrogen (secondary N) is 2. The van der Waals surface area contributed by atoms with Gasteiger partial charge in [0.05, 0.1) is 5.69 Å². The van der Waals surface area contributed by atoms with Gasteiger partial charge in [-0.2, -0.15) is 0 Å². The van der Waals surface area contributed by atoms with Gasteiger partial charge in [-0.1, -0.05) is 6.07 Å². The van der Waals surface area contributed by atoms with Crippen LogP contribution in [-0.4, -0.2) is 16.8 Å². The number of nitrogens with zero attached hydrogens (tertiary/aromatic N) is 1. The number of anilines is 2. The molecule has 2 aromatic rings. The monoisotopic (exact) mass is 331 g/mol. The van der Waals surface area contributed by atoms with Crippen LogP contribution in [0.2, 0.25) is 0 Å². The van der Waals surface area contributed by atoms with Gasteiger partial charge in [-0.05, 0) is 42.2 Å². The van der Waals surface area contributed by atoms with Crippen LogP contribution in [0.15, 0.2) is 36.5 Å². The van der Waals surface area contributed by atoms with E-state index in [1.54, 1.807) is 12.1 Å². The topological polar surface area (TPSA) is 71.1 Å². The Kier molecular flexibility index (Phi) is 4.24. The zero-order valence-electron chi connectivity index (χ0n) is 12.8. The molecule has 1 saturated carbocycles. The van der Waals surface area contributed by atoms with Crippen molar-refractivity contribution in [2.45, 2.75) is 19.3 Å². The lowest BCUT2D eigenvalue weighted by Crippen LogP contribution is -2.18. The SMILES string of the molecule is CC(=O)Nc1cccnc1NC(=O)[C@@H]1C[C@H]1c1ccc(F)c(F)c1. The minimum Gasteiger partial charge on any atom is -0.323 e. The third kappa shape index (κ3) is 3.40. The largest absolute Gasteiger partial charge is 0.323 e. The Balaban J connectivity index is 1.69. The van der Waals surface area contributed by atoms with Gasteiger partial charge in [0.2, 0.25) is 11.8 Å². The molecule has 0 radical (unpaired) electrons. The fourth-order valence-corrected chi connectivity index (χ4v) is 2.60. The Morgan fingerprint density at radius 3 is 2.67 bits per heavy atom. The molecule has 2 N–H and O–H groups in total. The average molecular weight is 331 g/mol. The first kappa shape index (κ1) is 16.0. The third-order valence-electron chi connectivity index (χ3n) is 3.86. The Hall–Kier alpha value is -2.83. The average Bonchev–Trinajstić information content (AvgIpc) is 3.32. The second-order valence-corrected chi connectivity index (χ2v) is 5.69. The van der Waals surface area contributed by atoms with Gasteiger partial charge in [0.15, 0.2) is 17.5 Å². The fraction of sp³-hybridized carbons (Fsp3) is 0.235. The number of amides is 2. The van der Waals surface area contributed by atoms with Gasteiger partial charge in [0.1, 0.15) is 0 Å². The number of halogens is 2. The molecule has 24 heavy (non-hydrogen) atoms. The van der Waals surface area contributed by atoms with Crippen molar-refractivity contribution in [3.63, 3.8) is 0 Å². The molecule has 0 aliphatic heterocycles. The van der Waals surface area contributed by atoms with E-state index in [2.05, 4.69) is 15.6 Å². The van der Waals surface area contributed by atoms with E-state index < -0.39 is 11.6 Å². The summed E-state index contributed by atoms with van der Waals surface area (Å²) < 4.78 is 26.3. The van der Waals surface area contributed by atoms with Crippen LogP contribution in [0.25, 0.3) is 0 Å². The zero-order chi connectivity index (χ0) is 17.3. The highest BCUT2D eigenvalue weighted by atomic mass is 19.2. The van der Waals surface area contributed by atoms with Crippen LogP contribution < -0.4 is 10.6 Å². The number of benzene rings is 1. The predicted molar refractivity (Wildman–Crippen MR) is 84.4 cm³/mol. The molecule has 0 spiro atoms. The van der Waals surface area contributed by atoms with Crippen molar-refractivity contribution in [2.24, 2.45) is 5.92 Å². The molecule has 3 rings (SSSR count). The molecule has 2 atom stereocenters. The maximum absolute atomic E-state index is 13.3. The van der Waals surface area contributed by atoms with Gasteiger partial charge < -0.3 is 10.6 Å². The van der Waals surface area contributed by atoms with Crippen LogP contribution >= 0.6 is 0 Å². The maximum Gasteiger partial charge on any atom is 0.229 e. The van der Waals surface area contributed by atoms with E-state index in [-0.39, 0.29) is 29.5 Å². The Morgan fingerprint density at radius 1 is 1.17 bits per heavy atom. The molecule has 124 valence electrons. The molecule has 1 fully saturated rings. The van der Waals surface area contributed by atoms with Gasteiger partial charge in [-0.15, -0.1) is 0 Å². The first-order valence-corrected chi connectivity index (χ1v) is 7.44. The molecule has 1 aromatic heterocycles. The highest BCUT2D eigenvalue weighted by Crippen LogP contribution is 2.48. The first-order valence-electron chi connectivity index (χ1n) is 7.44. The van der Waals surface area contributed by atoms with E-state index in [9.17, 15) is 18.4 Å². The molecule has 0 bridgehead atoms. The summed E-state index contributed by atoms with van der Waals surface area (Å²) in [6, 6.07) is 6.94. The molecule has 1 aliphatic rings. The van der Waals surface area contributed by atoms with Gasteiger partial charge in [-0.3, -0.25) is 9.59 Å². The van der Waals surface area contributed by atoms with Crippen molar-refractivity contribution in [2.75, 3.05) is 10.6 Å². The van der Waals surface area contributed by atoms with E-state index in [1.165, 1.54) is 19.2 Å². The van der Waals surface area contributed by atoms with Crippen LogP contribution in [-0.2, 0) is 9.59 Å². The van der Waals surface area contributed by atoms with Gasteiger partial charge >= 0.3 is 0 Å². The molecule has 1 aliphatic carbocycles. The molecule has 5 nitrogen and oxygen atoms in total. The van der Waals surface area contributed by atoms with Crippen molar-refractivity contribution in [3.8, 4) is 0 Å². The minimum atomic E-state index is -0.920.